The Bertz CT molecular complexity index is 368. The van der Waals surface area contributed by atoms with Gasteiger partial charge in [-0.05, 0) is 24.1 Å². The van der Waals surface area contributed by atoms with Crippen LogP contribution in [0.4, 0.5) is 0 Å². The minimum atomic E-state index is -0.385. The van der Waals surface area contributed by atoms with Crippen molar-refractivity contribution in [3.63, 3.8) is 0 Å². The van der Waals surface area contributed by atoms with Gasteiger partial charge in [0, 0.05) is 15.9 Å². The van der Waals surface area contributed by atoms with E-state index in [1.165, 1.54) is 0 Å². The second kappa shape index (κ2) is 5.64. The molecule has 0 saturated carbocycles. The van der Waals surface area contributed by atoms with Gasteiger partial charge in [0.05, 0.1) is 6.04 Å². The Morgan fingerprint density at radius 2 is 2.27 bits per heavy atom. The molecule has 0 aliphatic heterocycles. The molecule has 0 bridgehead atoms. The van der Waals surface area contributed by atoms with Crippen molar-refractivity contribution in [2.24, 2.45) is 5.73 Å². The van der Waals surface area contributed by atoms with Gasteiger partial charge in [0.25, 0.3) is 0 Å². The van der Waals surface area contributed by atoms with Crippen molar-refractivity contribution in [1.29, 1.82) is 0 Å². The van der Waals surface area contributed by atoms with Crippen LogP contribution in [0.5, 0.6) is 0 Å². The molecular formula is C11H13BrClNO. The van der Waals surface area contributed by atoms with Crippen molar-refractivity contribution < 1.29 is 4.79 Å². The van der Waals surface area contributed by atoms with E-state index >= 15 is 0 Å². The average Bonchev–Trinajstić information content (AvgIpc) is 2.20. The number of hydrogen-bond donors (Lipinski definition) is 1. The molecule has 4 heteroatoms. The molecule has 2 nitrogen and oxygen atoms in total. The molecule has 0 amide bonds. The molecule has 15 heavy (non-hydrogen) atoms. The summed E-state index contributed by atoms with van der Waals surface area (Å²) in [4.78, 5) is 11.6. The molecule has 2 N–H and O–H groups in total. The summed E-state index contributed by atoms with van der Waals surface area (Å²) in [6.45, 7) is 1.89. The molecule has 1 aromatic carbocycles. The zero-order valence-corrected chi connectivity index (χ0v) is 10.8. The van der Waals surface area contributed by atoms with Crippen molar-refractivity contribution in [1.82, 2.24) is 0 Å². The molecule has 0 radical (unpaired) electrons. The molecule has 0 heterocycles. The Balaban J connectivity index is 2.77. The van der Waals surface area contributed by atoms with Gasteiger partial charge in [0.1, 0.15) is 0 Å². The number of carbonyl (C=O) groups is 1. The van der Waals surface area contributed by atoms with Gasteiger partial charge in [-0.3, -0.25) is 4.79 Å². The van der Waals surface area contributed by atoms with Crippen LogP contribution >= 0.6 is 27.5 Å². The van der Waals surface area contributed by atoms with Crippen molar-refractivity contribution in [2.45, 2.75) is 25.8 Å². The minimum Gasteiger partial charge on any atom is -0.322 e. The zero-order chi connectivity index (χ0) is 11.4. The van der Waals surface area contributed by atoms with Crippen molar-refractivity contribution in [3.05, 3.63) is 33.3 Å². The third-order valence-electron chi connectivity index (χ3n) is 2.23. The predicted molar refractivity (Wildman–Crippen MR) is 66.1 cm³/mol. The van der Waals surface area contributed by atoms with Crippen LogP contribution in [0.15, 0.2) is 22.7 Å². The van der Waals surface area contributed by atoms with Gasteiger partial charge in [-0.25, -0.2) is 0 Å². The van der Waals surface area contributed by atoms with Gasteiger partial charge in [0.2, 0.25) is 0 Å². The lowest BCUT2D eigenvalue weighted by molar-refractivity contribution is -0.119. The first-order valence-corrected chi connectivity index (χ1v) is 5.94. The number of hydrogen-bond acceptors (Lipinski definition) is 2. The molecular weight excluding hydrogens is 277 g/mol. The third kappa shape index (κ3) is 3.59. The topological polar surface area (TPSA) is 43.1 Å². The first-order valence-electron chi connectivity index (χ1n) is 4.76. The van der Waals surface area contributed by atoms with E-state index in [9.17, 15) is 4.79 Å². The van der Waals surface area contributed by atoms with Crippen LogP contribution in [0.25, 0.3) is 0 Å². The fraction of sp³-hybridized carbons (Fsp3) is 0.364. The molecule has 1 aromatic rings. The zero-order valence-electron chi connectivity index (χ0n) is 8.47. The van der Waals surface area contributed by atoms with E-state index in [1.54, 1.807) is 6.07 Å². The van der Waals surface area contributed by atoms with Gasteiger partial charge >= 0.3 is 0 Å². The molecule has 0 aliphatic carbocycles. The molecule has 0 saturated heterocycles. The number of benzene rings is 1. The first-order chi connectivity index (χ1) is 7.04. The first kappa shape index (κ1) is 12.7. The molecule has 82 valence electrons. The molecule has 0 fully saturated rings. The highest BCUT2D eigenvalue weighted by Crippen LogP contribution is 2.22. The van der Waals surface area contributed by atoms with Crippen LogP contribution in [-0.4, -0.2) is 11.8 Å². The molecule has 1 rings (SSSR count). The van der Waals surface area contributed by atoms with E-state index in [-0.39, 0.29) is 11.8 Å². The maximum Gasteiger partial charge on any atom is 0.153 e. The molecule has 0 aromatic heterocycles. The molecule has 0 aliphatic rings. The fourth-order valence-corrected chi connectivity index (χ4v) is 1.95. The van der Waals surface area contributed by atoms with E-state index in [0.29, 0.717) is 17.9 Å². The fourth-order valence-electron chi connectivity index (χ4n) is 1.21. The molecule has 0 spiro atoms. The highest BCUT2D eigenvalue weighted by molar-refractivity contribution is 9.10. The number of nitrogens with two attached hydrogens (primary N) is 1. The normalized spacial score (nSPS) is 12.5. The van der Waals surface area contributed by atoms with E-state index in [2.05, 4.69) is 15.9 Å². The lowest BCUT2D eigenvalue weighted by Crippen LogP contribution is -2.30. The summed E-state index contributed by atoms with van der Waals surface area (Å²) < 4.78 is 0.906. The van der Waals surface area contributed by atoms with Crippen LogP contribution in [0, 0.1) is 0 Å². The summed E-state index contributed by atoms with van der Waals surface area (Å²) in [6.07, 6.45) is 0.966. The summed E-state index contributed by atoms with van der Waals surface area (Å²) in [6, 6.07) is 5.10. The van der Waals surface area contributed by atoms with Crippen LogP contribution < -0.4 is 5.73 Å². The number of rotatable bonds is 4. The van der Waals surface area contributed by atoms with Crippen LogP contribution in [-0.2, 0) is 11.2 Å². The Morgan fingerprint density at radius 1 is 1.60 bits per heavy atom. The summed E-state index contributed by atoms with van der Waals surface area (Å²) >= 11 is 9.31. The SMILES string of the molecule is CCC(N)C(=O)Cc1ccc(Br)cc1Cl. The molecule has 1 unspecified atom stereocenters. The van der Waals surface area contributed by atoms with Gasteiger partial charge in [-0.1, -0.05) is 40.5 Å². The predicted octanol–water partition coefficient (Wildman–Crippen LogP) is 2.95. The van der Waals surface area contributed by atoms with Crippen LogP contribution in [0.3, 0.4) is 0 Å². The Labute approximate surface area is 103 Å². The quantitative estimate of drug-likeness (QED) is 0.926. The number of carbonyl (C=O) groups excluding carboxylic acids is 1. The van der Waals surface area contributed by atoms with Gasteiger partial charge in [0.15, 0.2) is 5.78 Å². The summed E-state index contributed by atoms with van der Waals surface area (Å²) in [5, 5.41) is 0.598. The number of ketones is 1. The maximum atomic E-state index is 11.6. The second-order valence-corrected chi connectivity index (χ2v) is 4.72. The highest BCUT2D eigenvalue weighted by Gasteiger charge is 2.13. The van der Waals surface area contributed by atoms with E-state index in [0.717, 1.165) is 10.0 Å². The Morgan fingerprint density at radius 3 is 2.80 bits per heavy atom. The smallest absolute Gasteiger partial charge is 0.153 e. The second-order valence-electron chi connectivity index (χ2n) is 3.39. The van der Waals surface area contributed by atoms with E-state index in [4.69, 9.17) is 17.3 Å². The van der Waals surface area contributed by atoms with Crippen molar-refractivity contribution in [2.75, 3.05) is 0 Å². The largest absolute Gasteiger partial charge is 0.322 e. The average molecular weight is 291 g/mol. The summed E-state index contributed by atoms with van der Waals surface area (Å²) in [5.41, 5.74) is 6.47. The standard InChI is InChI=1S/C11H13BrClNO/c1-2-10(14)11(15)5-7-3-4-8(12)6-9(7)13/h3-4,6,10H,2,5,14H2,1H3. The Hall–Kier alpha value is -0.380. The van der Waals surface area contributed by atoms with E-state index in [1.807, 2.05) is 19.1 Å². The molecule has 1 atom stereocenters. The summed E-state index contributed by atoms with van der Waals surface area (Å²) in [7, 11) is 0. The van der Waals surface area contributed by atoms with Crippen LogP contribution in [0.2, 0.25) is 5.02 Å². The van der Waals surface area contributed by atoms with Crippen molar-refractivity contribution in [3.8, 4) is 0 Å². The van der Waals surface area contributed by atoms with E-state index < -0.39 is 0 Å². The third-order valence-corrected chi connectivity index (χ3v) is 3.08. The number of Topliss-reactive ketones (excluding diaryl/α,β-unsaturated/α-hetero) is 1. The summed E-state index contributed by atoms with van der Waals surface area (Å²) in [5.74, 6) is 0.0294. The van der Waals surface area contributed by atoms with Gasteiger partial charge in [-0.15, -0.1) is 0 Å². The highest BCUT2D eigenvalue weighted by atomic mass is 79.9. The van der Waals surface area contributed by atoms with Crippen molar-refractivity contribution >= 4 is 33.3 Å². The van der Waals surface area contributed by atoms with Crippen LogP contribution in [0.1, 0.15) is 18.9 Å². The minimum absolute atomic E-state index is 0.0294. The lowest BCUT2D eigenvalue weighted by atomic mass is 10.0. The van der Waals surface area contributed by atoms with Gasteiger partial charge in [-0.2, -0.15) is 0 Å². The maximum absolute atomic E-state index is 11.6. The Kier molecular flexibility index (Phi) is 4.77. The monoisotopic (exact) mass is 289 g/mol. The number of halogens is 2. The van der Waals surface area contributed by atoms with Gasteiger partial charge < -0.3 is 5.73 Å². The lowest BCUT2D eigenvalue weighted by Gasteiger charge is -2.08.